The number of hydrogen-bond donors (Lipinski definition) is 3. The molecule has 0 aliphatic carbocycles. The van der Waals surface area contributed by atoms with Crippen molar-refractivity contribution in [3.8, 4) is 0 Å². The summed E-state index contributed by atoms with van der Waals surface area (Å²) in [4.78, 5) is 15.5. The zero-order valence-electron chi connectivity index (χ0n) is 13.0. The molecule has 0 aromatic carbocycles. The number of hydrogen-bond acceptors (Lipinski definition) is 3. The smallest absolute Gasteiger partial charge is 0.222 e. The number of aliphatic imine (C=N–C) groups is 1. The SMILES string of the molecule is CN=C(NCCNC(=O)C(C)C)NCc1ccnn1C.I. The Morgan fingerprint density at radius 2 is 2.00 bits per heavy atom. The van der Waals surface area contributed by atoms with E-state index >= 15 is 0 Å². The Hall–Kier alpha value is -1.32. The van der Waals surface area contributed by atoms with Gasteiger partial charge in [0.25, 0.3) is 0 Å². The average Bonchev–Trinajstić information content (AvgIpc) is 2.83. The molecule has 3 N–H and O–H groups in total. The third kappa shape index (κ3) is 7.30. The van der Waals surface area contributed by atoms with Crippen molar-refractivity contribution in [3.63, 3.8) is 0 Å². The standard InChI is InChI=1S/C13H24N6O.HI/c1-10(2)12(20)15-7-8-16-13(14-3)17-9-11-5-6-18-19(11)4;/h5-6,10H,7-9H2,1-4H3,(H,15,20)(H2,14,16,17);1H. The van der Waals surface area contributed by atoms with Crippen molar-refractivity contribution >= 4 is 35.8 Å². The van der Waals surface area contributed by atoms with Crippen LogP contribution in [0.1, 0.15) is 19.5 Å². The van der Waals surface area contributed by atoms with Crippen LogP contribution in [0.15, 0.2) is 17.3 Å². The quantitative estimate of drug-likeness (QED) is 0.277. The fraction of sp³-hybridized carbons (Fsp3) is 0.615. The van der Waals surface area contributed by atoms with Gasteiger partial charge in [-0.1, -0.05) is 13.8 Å². The minimum absolute atomic E-state index is 0. The lowest BCUT2D eigenvalue weighted by Crippen LogP contribution is -2.42. The van der Waals surface area contributed by atoms with Crippen LogP contribution in [0, 0.1) is 5.92 Å². The zero-order valence-corrected chi connectivity index (χ0v) is 15.3. The number of aromatic nitrogens is 2. The molecule has 0 spiro atoms. The number of aryl methyl sites for hydroxylation is 1. The highest BCUT2D eigenvalue weighted by Crippen LogP contribution is 1.94. The van der Waals surface area contributed by atoms with Crippen molar-refractivity contribution < 1.29 is 4.79 Å². The first kappa shape index (κ1) is 19.7. The van der Waals surface area contributed by atoms with Crippen molar-refractivity contribution in [1.29, 1.82) is 0 Å². The van der Waals surface area contributed by atoms with E-state index in [0.29, 0.717) is 25.6 Å². The number of carbonyl (C=O) groups is 1. The molecule has 1 aromatic rings. The van der Waals surface area contributed by atoms with Gasteiger partial charge in [0.2, 0.25) is 5.91 Å². The number of nitrogens with one attached hydrogen (secondary N) is 3. The lowest BCUT2D eigenvalue weighted by molar-refractivity contribution is -0.123. The molecular weight excluding hydrogens is 383 g/mol. The predicted octanol–water partition coefficient (Wildman–Crippen LogP) is 0.475. The van der Waals surface area contributed by atoms with E-state index in [1.807, 2.05) is 31.6 Å². The molecule has 8 heteroatoms. The Morgan fingerprint density at radius 1 is 1.33 bits per heavy atom. The molecule has 0 saturated carbocycles. The van der Waals surface area contributed by atoms with Crippen LogP contribution >= 0.6 is 24.0 Å². The molecule has 120 valence electrons. The van der Waals surface area contributed by atoms with Gasteiger partial charge in [0, 0.05) is 39.3 Å². The lowest BCUT2D eigenvalue weighted by Gasteiger charge is -2.13. The summed E-state index contributed by atoms with van der Waals surface area (Å²) < 4.78 is 1.81. The van der Waals surface area contributed by atoms with E-state index in [9.17, 15) is 4.79 Å². The van der Waals surface area contributed by atoms with Crippen LogP contribution in [0.4, 0.5) is 0 Å². The van der Waals surface area contributed by atoms with Gasteiger partial charge in [0.15, 0.2) is 5.96 Å². The van der Waals surface area contributed by atoms with E-state index in [1.54, 1.807) is 13.2 Å². The normalized spacial score (nSPS) is 11.0. The fourth-order valence-electron chi connectivity index (χ4n) is 1.54. The first-order chi connectivity index (χ1) is 9.54. The molecule has 21 heavy (non-hydrogen) atoms. The molecule has 0 atom stereocenters. The van der Waals surface area contributed by atoms with Crippen LogP contribution in [0.5, 0.6) is 0 Å². The molecule has 0 aliphatic rings. The maximum atomic E-state index is 11.4. The van der Waals surface area contributed by atoms with Crippen molar-refractivity contribution in [2.45, 2.75) is 20.4 Å². The first-order valence-corrected chi connectivity index (χ1v) is 6.73. The predicted molar refractivity (Wildman–Crippen MR) is 94.7 cm³/mol. The molecule has 0 fully saturated rings. The highest BCUT2D eigenvalue weighted by molar-refractivity contribution is 14.0. The summed E-state index contributed by atoms with van der Waals surface area (Å²) in [7, 11) is 3.61. The fourth-order valence-corrected chi connectivity index (χ4v) is 1.54. The number of rotatable bonds is 6. The van der Waals surface area contributed by atoms with Crippen LogP contribution in [-0.2, 0) is 18.4 Å². The Labute approximate surface area is 143 Å². The van der Waals surface area contributed by atoms with Gasteiger partial charge in [-0.25, -0.2) is 0 Å². The van der Waals surface area contributed by atoms with E-state index in [-0.39, 0.29) is 35.8 Å². The minimum atomic E-state index is 0. The summed E-state index contributed by atoms with van der Waals surface area (Å²) in [6, 6.07) is 1.95. The number of carbonyl (C=O) groups excluding carboxylic acids is 1. The first-order valence-electron chi connectivity index (χ1n) is 6.73. The molecule has 0 aliphatic heterocycles. The van der Waals surface area contributed by atoms with Gasteiger partial charge in [-0.2, -0.15) is 5.10 Å². The lowest BCUT2D eigenvalue weighted by atomic mass is 10.2. The Morgan fingerprint density at radius 3 is 2.52 bits per heavy atom. The van der Waals surface area contributed by atoms with E-state index in [1.165, 1.54) is 0 Å². The molecule has 0 saturated heterocycles. The van der Waals surface area contributed by atoms with E-state index in [0.717, 1.165) is 5.69 Å². The average molecular weight is 408 g/mol. The molecule has 0 unspecified atom stereocenters. The summed E-state index contributed by atoms with van der Waals surface area (Å²) in [5, 5.41) is 13.3. The maximum Gasteiger partial charge on any atom is 0.222 e. The molecule has 1 heterocycles. The summed E-state index contributed by atoms with van der Waals surface area (Å²) in [6.07, 6.45) is 1.76. The molecule has 1 amide bonds. The topological polar surface area (TPSA) is 83.3 Å². The molecule has 0 radical (unpaired) electrons. The third-order valence-corrected chi connectivity index (χ3v) is 2.82. The Kier molecular flexibility index (Phi) is 9.76. The second kappa shape index (κ2) is 10.4. The monoisotopic (exact) mass is 408 g/mol. The summed E-state index contributed by atoms with van der Waals surface area (Å²) in [5.74, 6) is 0.770. The van der Waals surface area contributed by atoms with Crippen molar-refractivity contribution in [3.05, 3.63) is 18.0 Å². The molecular formula is C13H25IN6O. The summed E-state index contributed by atoms with van der Waals surface area (Å²) in [6.45, 7) is 5.59. The number of amides is 1. The van der Waals surface area contributed by atoms with Crippen molar-refractivity contribution in [2.75, 3.05) is 20.1 Å². The summed E-state index contributed by atoms with van der Waals surface area (Å²) >= 11 is 0. The van der Waals surface area contributed by atoms with Gasteiger partial charge in [-0.3, -0.25) is 14.5 Å². The van der Waals surface area contributed by atoms with Gasteiger partial charge in [-0.15, -0.1) is 24.0 Å². The van der Waals surface area contributed by atoms with Gasteiger partial charge >= 0.3 is 0 Å². The van der Waals surface area contributed by atoms with Crippen LogP contribution in [0.3, 0.4) is 0 Å². The summed E-state index contributed by atoms with van der Waals surface area (Å²) in [5.41, 5.74) is 1.07. The van der Waals surface area contributed by atoms with E-state index < -0.39 is 0 Å². The highest BCUT2D eigenvalue weighted by atomic mass is 127. The van der Waals surface area contributed by atoms with Gasteiger partial charge in [-0.05, 0) is 6.07 Å². The Balaban J connectivity index is 0.00000400. The van der Waals surface area contributed by atoms with Crippen LogP contribution in [0.25, 0.3) is 0 Å². The molecule has 1 rings (SSSR count). The maximum absolute atomic E-state index is 11.4. The number of halogens is 1. The van der Waals surface area contributed by atoms with Gasteiger partial charge in [0.1, 0.15) is 0 Å². The van der Waals surface area contributed by atoms with Crippen LogP contribution < -0.4 is 16.0 Å². The van der Waals surface area contributed by atoms with E-state index in [4.69, 9.17) is 0 Å². The van der Waals surface area contributed by atoms with Gasteiger partial charge < -0.3 is 16.0 Å². The third-order valence-electron chi connectivity index (χ3n) is 2.82. The van der Waals surface area contributed by atoms with Crippen LogP contribution in [0.2, 0.25) is 0 Å². The molecule has 7 nitrogen and oxygen atoms in total. The second-order valence-corrected chi connectivity index (χ2v) is 4.74. The number of guanidine groups is 1. The largest absolute Gasteiger partial charge is 0.355 e. The minimum Gasteiger partial charge on any atom is -0.355 e. The second-order valence-electron chi connectivity index (χ2n) is 4.74. The number of nitrogens with zero attached hydrogens (tertiary/aromatic N) is 3. The van der Waals surface area contributed by atoms with Crippen LogP contribution in [-0.4, -0.2) is 41.8 Å². The zero-order chi connectivity index (χ0) is 15.0. The van der Waals surface area contributed by atoms with Gasteiger partial charge in [0.05, 0.1) is 12.2 Å². The van der Waals surface area contributed by atoms with E-state index in [2.05, 4.69) is 26.0 Å². The van der Waals surface area contributed by atoms with Crippen molar-refractivity contribution in [2.24, 2.45) is 18.0 Å². The Bertz CT molecular complexity index is 457. The van der Waals surface area contributed by atoms with Crippen molar-refractivity contribution in [1.82, 2.24) is 25.7 Å². The molecule has 0 bridgehead atoms. The highest BCUT2D eigenvalue weighted by Gasteiger charge is 2.05. The molecule has 1 aromatic heterocycles.